The number of aryl methyl sites for hydroxylation is 1. The molecule has 1 spiro atoms. The third kappa shape index (κ3) is 4.90. The Labute approximate surface area is 152 Å². The van der Waals surface area contributed by atoms with Crippen molar-refractivity contribution in [2.75, 3.05) is 19.7 Å². The average Bonchev–Trinajstić information content (AvgIpc) is 2.60. The fraction of sp³-hybridized carbons (Fsp3) is 0.667. The molecule has 4 nitrogen and oxygen atoms in total. The molecule has 1 heterocycles. The first-order chi connectivity index (χ1) is 12.2. The fourth-order valence-electron chi connectivity index (χ4n) is 3.59. The highest BCUT2D eigenvalue weighted by molar-refractivity contribution is 5.80. The summed E-state index contributed by atoms with van der Waals surface area (Å²) in [6, 6.07) is 6.47. The van der Waals surface area contributed by atoms with Crippen LogP contribution in [0.3, 0.4) is 0 Å². The molecule has 2 N–H and O–H groups in total. The van der Waals surface area contributed by atoms with Crippen LogP contribution in [-0.2, 0) is 6.54 Å². The van der Waals surface area contributed by atoms with Crippen LogP contribution in [0.25, 0.3) is 0 Å². The Morgan fingerprint density at radius 3 is 2.80 bits per heavy atom. The molecule has 1 aromatic rings. The molecule has 138 valence electrons. The Bertz CT molecular complexity index is 593. The summed E-state index contributed by atoms with van der Waals surface area (Å²) in [6.45, 7) is 7.94. The molecule has 1 saturated carbocycles. The lowest BCUT2D eigenvalue weighted by Crippen LogP contribution is -2.52. The number of rotatable bonds is 8. The van der Waals surface area contributed by atoms with Crippen molar-refractivity contribution in [2.24, 2.45) is 10.4 Å². The van der Waals surface area contributed by atoms with Gasteiger partial charge in [0.05, 0.1) is 13.2 Å². The molecule has 4 heteroatoms. The van der Waals surface area contributed by atoms with Gasteiger partial charge in [0.25, 0.3) is 0 Å². The summed E-state index contributed by atoms with van der Waals surface area (Å²) in [7, 11) is 0. The van der Waals surface area contributed by atoms with E-state index >= 15 is 0 Å². The van der Waals surface area contributed by atoms with Crippen LogP contribution in [0.5, 0.6) is 5.75 Å². The Morgan fingerprint density at radius 2 is 2.12 bits per heavy atom. The monoisotopic (exact) mass is 343 g/mol. The van der Waals surface area contributed by atoms with E-state index in [0.717, 1.165) is 44.4 Å². The molecule has 1 aliphatic carbocycles. The van der Waals surface area contributed by atoms with Crippen LogP contribution >= 0.6 is 0 Å². The quantitative estimate of drug-likeness (QED) is 0.696. The van der Waals surface area contributed by atoms with E-state index in [-0.39, 0.29) is 0 Å². The minimum Gasteiger partial charge on any atom is -0.493 e. The number of ether oxygens (including phenoxy) is 1. The zero-order valence-electron chi connectivity index (χ0n) is 15.9. The SMILES string of the molecule is CCCCCCOc1cc(C)ccc1CNC1=NCC2(CCC2)CN1. The standard InChI is InChI=1S/C21H33N3O/c1-3-4-5-6-12-25-19-13-17(2)8-9-18(19)14-22-20-23-15-21(16-24-20)10-7-11-21/h8-9,13H,3-7,10-12,14-16H2,1-2H3,(H2,22,23,24). The first kappa shape index (κ1) is 18.1. The van der Waals surface area contributed by atoms with Crippen molar-refractivity contribution in [2.45, 2.75) is 65.3 Å². The third-order valence-electron chi connectivity index (χ3n) is 5.54. The van der Waals surface area contributed by atoms with E-state index in [4.69, 9.17) is 9.73 Å². The van der Waals surface area contributed by atoms with Gasteiger partial charge >= 0.3 is 0 Å². The van der Waals surface area contributed by atoms with Crippen molar-refractivity contribution in [3.05, 3.63) is 29.3 Å². The summed E-state index contributed by atoms with van der Waals surface area (Å²) >= 11 is 0. The van der Waals surface area contributed by atoms with Gasteiger partial charge in [-0.3, -0.25) is 4.99 Å². The molecular formula is C21H33N3O. The molecule has 3 rings (SSSR count). The third-order valence-corrected chi connectivity index (χ3v) is 5.54. The van der Waals surface area contributed by atoms with Crippen LogP contribution in [0, 0.1) is 12.3 Å². The number of aliphatic imine (C=N–C) groups is 1. The van der Waals surface area contributed by atoms with E-state index in [1.165, 1.54) is 49.7 Å². The van der Waals surface area contributed by atoms with Crippen LogP contribution < -0.4 is 15.4 Å². The number of unbranched alkanes of at least 4 members (excludes halogenated alkanes) is 3. The van der Waals surface area contributed by atoms with Gasteiger partial charge in [-0.25, -0.2) is 0 Å². The van der Waals surface area contributed by atoms with Crippen LogP contribution in [0.2, 0.25) is 0 Å². The van der Waals surface area contributed by atoms with Crippen LogP contribution in [0.1, 0.15) is 63.0 Å². The maximum absolute atomic E-state index is 6.06. The molecule has 0 atom stereocenters. The van der Waals surface area contributed by atoms with Crippen molar-refractivity contribution >= 4 is 5.96 Å². The molecule has 0 saturated heterocycles. The molecule has 0 radical (unpaired) electrons. The second-order valence-corrected chi connectivity index (χ2v) is 7.75. The second kappa shape index (κ2) is 8.59. The molecule has 0 amide bonds. The van der Waals surface area contributed by atoms with E-state index in [1.54, 1.807) is 0 Å². The van der Waals surface area contributed by atoms with Crippen molar-refractivity contribution in [3.8, 4) is 5.75 Å². The van der Waals surface area contributed by atoms with Crippen molar-refractivity contribution in [1.29, 1.82) is 0 Å². The normalized spacial score (nSPS) is 18.2. The highest BCUT2D eigenvalue weighted by Gasteiger charge is 2.38. The van der Waals surface area contributed by atoms with E-state index < -0.39 is 0 Å². The minimum absolute atomic E-state index is 0.460. The molecule has 0 aromatic heterocycles. The molecule has 0 unspecified atom stereocenters. The van der Waals surface area contributed by atoms with Gasteiger partial charge in [-0.2, -0.15) is 0 Å². The Kier molecular flexibility index (Phi) is 6.22. The Morgan fingerprint density at radius 1 is 1.24 bits per heavy atom. The van der Waals surface area contributed by atoms with E-state index in [2.05, 4.69) is 42.7 Å². The lowest BCUT2D eigenvalue weighted by atomic mass is 9.68. The molecule has 0 bridgehead atoms. The van der Waals surface area contributed by atoms with Gasteiger partial charge in [0.15, 0.2) is 5.96 Å². The number of hydrogen-bond donors (Lipinski definition) is 2. The summed E-state index contributed by atoms with van der Waals surface area (Å²) in [5.74, 6) is 1.95. The van der Waals surface area contributed by atoms with Crippen molar-refractivity contribution in [3.63, 3.8) is 0 Å². The van der Waals surface area contributed by atoms with Gasteiger partial charge in [-0.15, -0.1) is 0 Å². The molecule has 2 aliphatic rings. The highest BCUT2D eigenvalue weighted by Crippen LogP contribution is 2.41. The molecule has 1 fully saturated rings. The smallest absolute Gasteiger partial charge is 0.191 e. The fourth-order valence-corrected chi connectivity index (χ4v) is 3.59. The van der Waals surface area contributed by atoms with Crippen LogP contribution in [0.15, 0.2) is 23.2 Å². The molecule has 25 heavy (non-hydrogen) atoms. The van der Waals surface area contributed by atoms with Crippen molar-refractivity contribution in [1.82, 2.24) is 10.6 Å². The number of hydrogen-bond acceptors (Lipinski definition) is 4. The van der Waals surface area contributed by atoms with Crippen LogP contribution in [0.4, 0.5) is 0 Å². The number of benzene rings is 1. The topological polar surface area (TPSA) is 45.6 Å². The van der Waals surface area contributed by atoms with Gasteiger partial charge in [0.1, 0.15) is 5.75 Å². The average molecular weight is 344 g/mol. The molecule has 1 aliphatic heterocycles. The van der Waals surface area contributed by atoms with E-state index in [1.807, 2.05) is 0 Å². The number of nitrogens with one attached hydrogen (secondary N) is 2. The summed E-state index contributed by atoms with van der Waals surface area (Å²) in [6.07, 6.45) is 8.94. The predicted molar refractivity (Wildman–Crippen MR) is 104 cm³/mol. The minimum atomic E-state index is 0.460. The lowest BCUT2D eigenvalue weighted by molar-refractivity contribution is 0.142. The summed E-state index contributed by atoms with van der Waals surface area (Å²) in [5, 5.41) is 6.93. The predicted octanol–water partition coefficient (Wildman–Crippen LogP) is 4.17. The first-order valence-corrected chi connectivity index (χ1v) is 9.95. The van der Waals surface area contributed by atoms with Gasteiger partial charge in [0.2, 0.25) is 0 Å². The molecule has 1 aromatic carbocycles. The van der Waals surface area contributed by atoms with Gasteiger partial charge in [0, 0.05) is 24.1 Å². The van der Waals surface area contributed by atoms with Crippen LogP contribution in [-0.4, -0.2) is 25.7 Å². The summed E-state index contributed by atoms with van der Waals surface area (Å²) in [4.78, 5) is 4.72. The van der Waals surface area contributed by atoms with Gasteiger partial charge < -0.3 is 15.4 Å². The van der Waals surface area contributed by atoms with Gasteiger partial charge in [-0.1, -0.05) is 44.7 Å². The highest BCUT2D eigenvalue weighted by atomic mass is 16.5. The maximum atomic E-state index is 6.06. The Balaban J connectivity index is 1.51. The zero-order chi connectivity index (χ0) is 17.5. The summed E-state index contributed by atoms with van der Waals surface area (Å²) < 4.78 is 6.06. The zero-order valence-corrected chi connectivity index (χ0v) is 15.9. The maximum Gasteiger partial charge on any atom is 0.191 e. The number of guanidine groups is 1. The molecular weight excluding hydrogens is 310 g/mol. The van der Waals surface area contributed by atoms with Crippen molar-refractivity contribution < 1.29 is 4.74 Å². The number of nitrogens with zero attached hydrogens (tertiary/aromatic N) is 1. The van der Waals surface area contributed by atoms with E-state index in [9.17, 15) is 0 Å². The van der Waals surface area contributed by atoms with Gasteiger partial charge in [-0.05, 0) is 37.8 Å². The van der Waals surface area contributed by atoms with E-state index in [0.29, 0.717) is 5.41 Å². The lowest BCUT2D eigenvalue weighted by Gasteiger charge is -2.43. The largest absolute Gasteiger partial charge is 0.493 e. The Hall–Kier alpha value is -1.71. The first-order valence-electron chi connectivity index (χ1n) is 9.95. The summed E-state index contributed by atoms with van der Waals surface area (Å²) in [5.41, 5.74) is 2.91. The second-order valence-electron chi connectivity index (χ2n) is 7.75.